The minimum atomic E-state index is -3.31. The Labute approximate surface area is 161 Å². The summed E-state index contributed by atoms with van der Waals surface area (Å²) in [6.07, 6.45) is 0. The van der Waals surface area contributed by atoms with E-state index in [9.17, 15) is 8.42 Å². The van der Waals surface area contributed by atoms with Gasteiger partial charge in [0.15, 0.2) is 0 Å². The Morgan fingerprint density at radius 1 is 1.04 bits per heavy atom. The molecule has 0 aromatic heterocycles. The molecule has 2 N–H and O–H groups in total. The highest BCUT2D eigenvalue weighted by Crippen LogP contribution is 2.21. The van der Waals surface area contributed by atoms with Gasteiger partial charge in [-0.1, -0.05) is 18.2 Å². The smallest absolute Gasteiger partial charge is 0.235 e. The minimum absolute atomic E-state index is 0.461. The maximum absolute atomic E-state index is 11.9. The van der Waals surface area contributed by atoms with Crippen molar-refractivity contribution < 1.29 is 13.2 Å². The molecule has 0 bridgehead atoms. The lowest BCUT2D eigenvalue weighted by Crippen LogP contribution is -2.36. The molecule has 1 aliphatic heterocycles. The van der Waals surface area contributed by atoms with E-state index in [0.29, 0.717) is 12.2 Å². The van der Waals surface area contributed by atoms with Gasteiger partial charge in [0, 0.05) is 36.7 Å². The van der Waals surface area contributed by atoms with Crippen molar-refractivity contribution in [1.82, 2.24) is 0 Å². The molecular weight excluding hydrogens is 362 g/mol. The van der Waals surface area contributed by atoms with Crippen LogP contribution in [0, 0.1) is 0 Å². The van der Waals surface area contributed by atoms with Gasteiger partial charge in [0.25, 0.3) is 0 Å². The first-order valence-corrected chi connectivity index (χ1v) is 10.8. The van der Waals surface area contributed by atoms with E-state index in [0.717, 1.165) is 37.6 Å². The summed E-state index contributed by atoms with van der Waals surface area (Å²) in [5.41, 5.74) is 3.92. The molecule has 1 fully saturated rings. The molecule has 0 aliphatic carbocycles. The van der Waals surface area contributed by atoms with E-state index < -0.39 is 15.3 Å². The molecule has 27 heavy (non-hydrogen) atoms. The van der Waals surface area contributed by atoms with Gasteiger partial charge in [-0.25, -0.2) is 8.42 Å². The third-order valence-electron chi connectivity index (χ3n) is 4.55. The molecule has 0 atom stereocenters. The van der Waals surface area contributed by atoms with Gasteiger partial charge < -0.3 is 15.0 Å². The maximum Gasteiger partial charge on any atom is 0.235 e. The molecule has 1 aliphatic rings. The summed E-state index contributed by atoms with van der Waals surface area (Å²) in [5, 5.41) is 2.97. The van der Waals surface area contributed by atoms with Gasteiger partial charge >= 0.3 is 0 Å². The van der Waals surface area contributed by atoms with Crippen molar-refractivity contribution in [1.29, 1.82) is 0 Å². The molecule has 0 saturated carbocycles. The number of nitrogens with zero attached hydrogens (tertiary/aromatic N) is 1. The molecule has 146 valence electrons. The number of nitrogens with one attached hydrogen (secondary N) is 2. The summed E-state index contributed by atoms with van der Waals surface area (Å²) in [7, 11) is -3.31. The molecule has 3 rings (SSSR count). The number of ether oxygens (including phenoxy) is 1. The first-order chi connectivity index (χ1) is 12.9. The fourth-order valence-corrected chi connectivity index (χ4v) is 3.51. The molecule has 2 aromatic carbocycles. The monoisotopic (exact) mass is 389 g/mol. The number of benzene rings is 2. The minimum Gasteiger partial charge on any atom is -0.381 e. The summed E-state index contributed by atoms with van der Waals surface area (Å²) in [5.74, 6) is 0. The standard InChI is InChI=1S/C20H27N3O3S/c1-16(2)27(24,25)22-18-8-6-17(7-9-18)15-21-19-4-3-5-20(14-19)23-10-12-26-13-11-23/h3-9,14,16,21-22H,10-13,15H2,1-2H3. The van der Waals surface area contributed by atoms with Crippen LogP contribution < -0.4 is 14.9 Å². The molecule has 0 spiro atoms. The number of hydrogen-bond donors (Lipinski definition) is 2. The Balaban J connectivity index is 1.58. The molecule has 6 nitrogen and oxygen atoms in total. The van der Waals surface area contributed by atoms with Crippen molar-refractivity contribution in [2.75, 3.05) is 41.2 Å². The van der Waals surface area contributed by atoms with Crippen molar-refractivity contribution >= 4 is 27.1 Å². The average Bonchev–Trinajstić information content (AvgIpc) is 2.68. The van der Waals surface area contributed by atoms with Crippen LogP contribution in [0.4, 0.5) is 17.1 Å². The fraction of sp³-hybridized carbons (Fsp3) is 0.400. The Morgan fingerprint density at radius 2 is 1.74 bits per heavy atom. The number of sulfonamides is 1. The van der Waals surface area contributed by atoms with Gasteiger partial charge in [0.2, 0.25) is 10.0 Å². The van der Waals surface area contributed by atoms with Gasteiger partial charge in [0.05, 0.1) is 18.5 Å². The second-order valence-corrected chi connectivity index (χ2v) is 9.13. The lowest BCUT2D eigenvalue weighted by atomic mass is 10.2. The summed E-state index contributed by atoms with van der Waals surface area (Å²) in [6, 6.07) is 15.8. The Bertz CT molecular complexity index is 845. The highest BCUT2D eigenvalue weighted by Gasteiger charge is 2.15. The van der Waals surface area contributed by atoms with Crippen LogP contribution in [0.1, 0.15) is 19.4 Å². The van der Waals surface area contributed by atoms with Crippen LogP contribution >= 0.6 is 0 Å². The summed E-state index contributed by atoms with van der Waals surface area (Å²) >= 11 is 0. The highest BCUT2D eigenvalue weighted by molar-refractivity contribution is 7.93. The fourth-order valence-electron chi connectivity index (χ4n) is 2.81. The summed E-state index contributed by atoms with van der Waals surface area (Å²) in [6.45, 7) is 7.35. The molecular formula is C20H27N3O3S. The summed E-state index contributed by atoms with van der Waals surface area (Å²) < 4.78 is 31.9. The van der Waals surface area contributed by atoms with E-state index in [2.05, 4.69) is 39.2 Å². The van der Waals surface area contributed by atoms with E-state index in [4.69, 9.17) is 4.74 Å². The largest absolute Gasteiger partial charge is 0.381 e. The highest BCUT2D eigenvalue weighted by atomic mass is 32.2. The third-order valence-corrected chi connectivity index (χ3v) is 6.32. The topological polar surface area (TPSA) is 70.7 Å². The van der Waals surface area contributed by atoms with E-state index >= 15 is 0 Å². The van der Waals surface area contributed by atoms with Crippen molar-refractivity contribution in [2.45, 2.75) is 25.6 Å². The number of hydrogen-bond acceptors (Lipinski definition) is 5. The van der Waals surface area contributed by atoms with Crippen molar-refractivity contribution in [3.8, 4) is 0 Å². The van der Waals surface area contributed by atoms with Crippen molar-refractivity contribution in [3.63, 3.8) is 0 Å². The Morgan fingerprint density at radius 3 is 2.41 bits per heavy atom. The van der Waals surface area contributed by atoms with Gasteiger partial charge in [-0.05, 0) is 49.7 Å². The quantitative estimate of drug-likeness (QED) is 0.760. The van der Waals surface area contributed by atoms with Gasteiger partial charge in [-0.3, -0.25) is 4.72 Å². The normalized spacial score (nSPS) is 15.0. The van der Waals surface area contributed by atoms with Crippen LogP contribution in [0.3, 0.4) is 0 Å². The lowest BCUT2D eigenvalue weighted by Gasteiger charge is -2.29. The van der Waals surface area contributed by atoms with Crippen molar-refractivity contribution in [2.24, 2.45) is 0 Å². The molecule has 0 radical (unpaired) electrons. The Kier molecular flexibility index (Phi) is 6.23. The van der Waals surface area contributed by atoms with Crippen LogP contribution in [0.5, 0.6) is 0 Å². The average molecular weight is 390 g/mol. The van der Waals surface area contributed by atoms with E-state index in [1.54, 1.807) is 26.0 Å². The van der Waals surface area contributed by atoms with Crippen LogP contribution in [0.25, 0.3) is 0 Å². The zero-order valence-electron chi connectivity index (χ0n) is 15.8. The number of anilines is 3. The van der Waals surface area contributed by atoms with Gasteiger partial charge in [0.1, 0.15) is 0 Å². The van der Waals surface area contributed by atoms with Crippen molar-refractivity contribution in [3.05, 3.63) is 54.1 Å². The third kappa shape index (κ3) is 5.37. The molecule has 7 heteroatoms. The van der Waals surface area contributed by atoms with Gasteiger partial charge in [-0.15, -0.1) is 0 Å². The zero-order chi connectivity index (χ0) is 19.3. The van der Waals surface area contributed by atoms with Gasteiger partial charge in [-0.2, -0.15) is 0 Å². The molecule has 0 amide bonds. The van der Waals surface area contributed by atoms with E-state index in [-0.39, 0.29) is 0 Å². The predicted molar refractivity (Wildman–Crippen MR) is 111 cm³/mol. The number of morpholine rings is 1. The van der Waals surface area contributed by atoms with Crippen LogP contribution in [0.15, 0.2) is 48.5 Å². The van der Waals surface area contributed by atoms with E-state index in [1.807, 2.05) is 12.1 Å². The maximum atomic E-state index is 11.9. The molecule has 1 saturated heterocycles. The second kappa shape index (κ2) is 8.63. The molecule has 1 heterocycles. The first-order valence-electron chi connectivity index (χ1n) is 9.21. The van der Waals surface area contributed by atoms with E-state index in [1.165, 1.54) is 5.69 Å². The first kappa shape index (κ1) is 19.5. The second-order valence-electron chi connectivity index (χ2n) is 6.90. The SMILES string of the molecule is CC(C)S(=O)(=O)Nc1ccc(CNc2cccc(N3CCOCC3)c2)cc1. The molecule has 2 aromatic rings. The number of rotatable bonds is 7. The van der Waals surface area contributed by atoms with Crippen LogP contribution in [0.2, 0.25) is 0 Å². The zero-order valence-corrected chi connectivity index (χ0v) is 16.6. The van der Waals surface area contributed by atoms with Crippen LogP contribution in [-0.2, 0) is 21.3 Å². The lowest BCUT2D eigenvalue weighted by molar-refractivity contribution is 0.122. The predicted octanol–water partition coefficient (Wildman–Crippen LogP) is 3.29. The summed E-state index contributed by atoms with van der Waals surface area (Å²) in [4.78, 5) is 2.32. The Hall–Kier alpha value is -2.25. The van der Waals surface area contributed by atoms with Crippen LogP contribution in [-0.4, -0.2) is 40.0 Å². The molecule has 0 unspecified atom stereocenters.